The molecule has 1 rings (SSSR count). The monoisotopic (exact) mass is 277 g/mol. The standard InChI is InChI=1S/C11H14F3N3S/c1-17(6-8-4-2-3-5-16-8)7-9(10(15)18)11(12,13)14/h2-5,9H,6-7H2,1H3,(H2,15,18). The van der Waals surface area contributed by atoms with E-state index < -0.39 is 17.1 Å². The van der Waals surface area contributed by atoms with E-state index in [1.165, 1.54) is 4.90 Å². The van der Waals surface area contributed by atoms with E-state index in [-0.39, 0.29) is 6.54 Å². The van der Waals surface area contributed by atoms with Gasteiger partial charge in [-0.25, -0.2) is 0 Å². The van der Waals surface area contributed by atoms with Crippen LogP contribution >= 0.6 is 12.2 Å². The number of alkyl halides is 3. The Morgan fingerprint density at radius 3 is 2.61 bits per heavy atom. The van der Waals surface area contributed by atoms with Crippen molar-refractivity contribution in [1.29, 1.82) is 0 Å². The minimum atomic E-state index is -4.41. The second kappa shape index (κ2) is 6.10. The number of halogens is 3. The minimum absolute atomic E-state index is 0.268. The maximum atomic E-state index is 12.7. The SMILES string of the molecule is CN(Cc1ccccn1)CC(C(N)=S)C(F)(F)F. The van der Waals surface area contributed by atoms with E-state index in [1.807, 2.05) is 0 Å². The molecule has 3 nitrogen and oxygen atoms in total. The van der Waals surface area contributed by atoms with Crippen molar-refractivity contribution >= 4 is 17.2 Å². The molecule has 0 aliphatic rings. The Balaban J connectivity index is 2.63. The highest BCUT2D eigenvalue weighted by Gasteiger charge is 2.42. The van der Waals surface area contributed by atoms with E-state index in [9.17, 15) is 13.2 Å². The second-order valence-corrected chi connectivity index (χ2v) is 4.49. The molecule has 2 N–H and O–H groups in total. The number of thiocarbonyl (C=S) groups is 1. The van der Waals surface area contributed by atoms with Crippen LogP contribution in [0.1, 0.15) is 5.69 Å². The average molecular weight is 277 g/mol. The van der Waals surface area contributed by atoms with Gasteiger partial charge in [0, 0.05) is 19.3 Å². The summed E-state index contributed by atoms with van der Waals surface area (Å²) in [6.07, 6.45) is -2.82. The lowest BCUT2D eigenvalue weighted by Crippen LogP contribution is -2.42. The van der Waals surface area contributed by atoms with Crippen molar-refractivity contribution < 1.29 is 13.2 Å². The first-order valence-corrected chi connectivity index (χ1v) is 5.66. The third-order valence-corrected chi connectivity index (χ3v) is 2.68. The fourth-order valence-electron chi connectivity index (χ4n) is 1.50. The molecule has 0 bridgehead atoms. The van der Waals surface area contributed by atoms with Gasteiger partial charge in [0.05, 0.1) is 10.7 Å². The van der Waals surface area contributed by atoms with E-state index in [4.69, 9.17) is 5.73 Å². The van der Waals surface area contributed by atoms with E-state index in [0.717, 1.165) is 0 Å². The first-order chi connectivity index (χ1) is 8.30. The zero-order valence-electron chi connectivity index (χ0n) is 9.81. The maximum absolute atomic E-state index is 12.7. The van der Waals surface area contributed by atoms with Crippen molar-refractivity contribution in [2.24, 2.45) is 11.7 Å². The van der Waals surface area contributed by atoms with Crippen molar-refractivity contribution in [2.45, 2.75) is 12.7 Å². The van der Waals surface area contributed by atoms with Crippen LogP contribution in [0.5, 0.6) is 0 Å². The quantitative estimate of drug-likeness (QED) is 0.836. The summed E-state index contributed by atoms with van der Waals surface area (Å²) in [5, 5.41) is 0. The molecule has 0 spiro atoms. The van der Waals surface area contributed by atoms with Crippen LogP contribution in [-0.4, -0.2) is 34.6 Å². The third kappa shape index (κ3) is 4.58. The van der Waals surface area contributed by atoms with Gasteiger partial charge in [0.15, 0.2) is 0 Å². The van der Waals surface area contributed by atoms with Gasteiger partial charge in [-0.3, -0.25) is 9.88 Å². The smallest absolute Gasteiger partial charge is 0.393 e. The van der Waals surface area contributed by atoms with Gasteiger partial charge in [0.2, 0.25) is 0 Å². The lowest BCUT2D eigenvalue weighted by atomic mass is 10.1. The molecule has 0 amide bonds. The molecule has 0 radical (unpaired) electrons. The molecular formula is C11H14F3N3S. The predicted octanol–water partition coefficient (Wildman–Crippen LogP) is 1.98. The summed E-state index contributed by atoms with van der Waals surface area (Å²) in [6.45, 7) is 0.0471. The van der Waals surface area contributed by atoms with Crippen molar-refractivity contribution in [3.05, 3.63) is 30.1 Å². The number of pyridine rings is 1. The van der Waals surface area contributed by atoms with Gasteiger partial charge in [-0.05, 0) is 19.2 Å². The van der Waals surface area contributed by atoms with Crippen molar-refractivity contribution in [3.63, 3.8) is 0 Å². The van der Waals surface area contributed by atoms with Gasteiger partial charge in [-0.1, -0.05) is 18.3 Å². The van der Waals surface area contributed by atoms with Crippen LogP contribution in [0.25, 0.3) is 0 Å². The Kier molecular flexibility index (Phi) is 5.03. The van der Waals surface area contributed by atoms with E-state index in [0.29, 0.717) is 12.2 Å². The van der Waals surface area contributed by atoms with Crippen molar-refractivity contribution in [3.8, 4) is 0 Å². The molecule has 100 valence electrons. The summed E-state index contributed by atoms with van der Waals surface area (Å²) >= 11 is 4.46. The summed E-state index contributed by atoms with van der Waals surface area (Å²) in [5.74, 6) is -1.79. The molecule has 1 aromatic heterocycles. The number of hydrogen-bond acceptors (Lipinski definition) is 3. The lowest BCUT2D eigenvalue weighted by molar-refractivity contribution is -0.158. The molecule has 0 aromatic carbocycles. The summed E-state index contributed by atoms with van der Waals surface area (Å²) in [4.78, 5) is 5.01. The topological polar surface area (TPSA) is 42.2 Å². The van der Waals surface area contributed by atoms with E-state index in [1.54, 1.807) is 31.4 Å². The van der Waals surface area contributed by atoms with E-state index >= 15 is 0 Å². The third-order valence-electron chi connectivity index (χ3n) is 2.39. The first-order valence-electron chi connectivity index (χ1n) is 5.25. The highest BCUT2D eigenvalue weighted by molar-refractivity contribution is 7.80. The molecule has 0 saturated carbocycles. The summed E-state index contributed by atoms with van der Waals surface area (Å²) in [6, 6.07) is 5.28. The molecular weight excluding hydrogens is 263 g/mol. The molecule has 1 aromatic rings. The van der Waals surface area contributed by atoms with Crippen LogP contribution in [0.15, 0.2) is 24.4 Å². The maximum Gasteiger partial charge on any atom is 0.399 e. The molecule has 7 heteroatoms. The van der Waals surface area contributed by atoms with E-state index in [2.05, 4.69) is 17.2 Å². The zero-order valence-corrected chi connectivity index (χ0v) is 10.6. The predicted molar refractivity (Wildman–Crippen MR) is 66.9 cm³/mol. The number of nitrogens with two attached hydrogens (primary N) is 1. The van der Waals surface area contributed by atoms with Crippen molar-refractivity contribution in [1.82, 2.24) is 9.88 Å². The van der Waals surface area contributed by atoms with Crippen LogP contribution in [0.4, 0.5) is 13.2 Å². The lowest BCUT2D eigenvalue weighted by Gasteiger charge is -2.24. The Labute approximate surface area is 109 Å². The normalized spacial score (nSPS) is 13.6. The summed E-state index contributed by atoms with van der Waals surface area (Å²) in [7, 11) is 1.58. The second-order valence-electron chi connectivity index (χ2n) is 4.01. The van der Waals surface area contributed by atoms with Gasteiger partial charge in [0.25, 0.3) is 0 Å². The van der Waals surface area contributed by atoms with Crippen LogP contribution in [-0.2, 0) is 6.54 Å². The molecule has 0 aliphatic heterocycles. The van der Waals surface area contributed by atoms with Crippen molar-refractivity contribution in [2.75, 3.05) is 13.6 Å². The molecule has 0 saturated heterocycles. The van der Waals surface area contributed by atoms with Crippen LogP contribution in [0.2, 0.25) is 0 Å². The molecule has 18 heavy (non-hydrogen) atoms. The van der Waals surface area contributed by atoms with Gasteiger partial charge < -0.3 is 5.73 Å². The van der Waals surface area contributed by atoms with Gasteiger partial charge in [-0.15, -0.1) is 0 Å². The molecule has 1 unspecified atom stereocenters. The van der Waals surface area contributed by atoms with Gasteiger partial charge >= 0.3 is 6.18 Å². The summed E-state index contributed by atoms with van der Waals surface area (Å²) < 4.78 is 38.0. The number of aromatic nitrogens is 1. The fraction of sp³-hybridized carbons (Fsp3) is 0.455. The zero-order chi connectivity index (χ0) is 13.8. The van der Waals surface area contributed by atoms with Gasteiger partial charge in [0.1, 0.15) is 5.92 Å². The molecule has 0 aliphatic carbocycles. The van der Waals surface area contributed by atoms with Gasteiger partial charge in [-0.2, -0.15) is 13.2 Å². The van der Waals surface area contributed by atoms with Crippen LogP contribution in [0, 0.1) is 5.92 Å². The molecule has 1 atom stereocenters. The number of rotatable bonds is 5. The minimum Gasteiger partial charge on any atom is -0.393 e. The Morgan fingerprint density at radius 1 is 1.50 bits per heavy atom. The average Bonchev–Trinajstić information content (AvgIpc) is 2.25. The Hall–Kier alpha value is -1.21. The highest BCUT2D eigenvalue weighted by Crippen LogP contribution is 2.27. The fourth-order valence-corrected chi connectivity index (χ4v) is 1.71. The summed E-state index contributed by atoms with van der Waals surface area (Å²) in [5.41, 5.74) is 5.83. The largest absolute Gasteiger partial charge is 0.399 e. The molecule has 1 heterocycles. The Bertz CT molecular complexity index is 394. The highest BCUT2D eigenvalue weighted by atomic mass is 32.1. The number of hydrogen-bond donors (Lipinski definition) is 1. The molecule has 0 fully saturated rings. The number of nitrogens with zero attached hydrogens (tertiary/aromatic N) is 2. The Morgan fingerprint density at radius 2 is 2.17 bits per heavy atom. The van der Waals surface area contributed by atoms with Crippen LogP contribution in [0.3, 0.4) is 0 Å². The first kappa shape index (κ1) is 14.8. The van der Waals surface area contributed by atoms with Crippen LogP contribution < -0.4 is 5.73 Å².